The van der Waals surface area contributed by atoms with Crippen LogP contribution in [0.3, 0.4) is 0 Å². The summed E-state index contributed by atoms with van der Waals surface area (Å²) in [5.41, 5.74) is 0.810. The van der Waals surface area contributed by atoms with Gasteiger partial charge >= 0.3 is 0 Å². The van der Waals surface area contributed by atoms with Crippen LogP contribution in [0.4, 0.5) is 4.39 Å². The topological polar surface area (TPSA) is 26.7 Å². The maximum atomic E-state index is 13.0. The van der Waals surface area contributed by atoms with Crippen LogP contribution >= 0.6 is 0 Å². The van der Waals surface area contributed by atoms with Crippen LogP contribution in [-0.4, -0.2) is 53.7 Å². The molecule has 0 saturated carbocycles. The summed E-state index contributed by atoms with van der Waals surface area (Å²) in [5, 5.41) is 10.4. The maximum Gasteiger partial charge on any atom is 0.123 e. The van der Waals surface area contributed by atoms with Gasteiger partial charge in [0.25, 0.3) is 0 Å². The van der Waals surface area contributed by atoms with Gasteiger partial charge in [0.1, 0.15) is 5.82 Å². The predicted octanol–water partition coefficient (Wildman–Crippen LogP) is 2.81. The van der Waals surface area contributed by atoms with Crippen LogP contribution in [0.15, 0.2) is 24.3 Å². The van der Waals surface area contributed by atoms with E-state index in [-0.39, 0.29) is 5.82 Å². The van der Waals surface area contributed by atoms with Gasteiger partial charge in [-0.25, -0.2) is 4.39 Å². The molecule has 2 aliphatic rings. The molecule has 2 unspecified atom stereocenters. The number of halogens is 1. The molecule has 0 aliphatic carbocycles. The minimum Gasteiger partial charge on any atom is -0.387 e. The van der Waals surface area contributed by atoms with E-state index in [1.807, 2.05) is 0 Å². The molecule has 1 aromatic rings. The second-order valence-corrected chi connectivity index (χ2v) is 6.72. The van der Waals surface area contributed by atoms with Crippen molar-refractivity contribution in [2.24, 2.45) is 0 Å². The first-order chi connectivity index (χ1) is 10.7. The first kappa shape index (κ1) is 15.9. The van der Waals surface area contributed by atoms with E-state index in [0.29, 0.717) is 12.6 Å². The molecule has 4 heteroatoms. The Kier molecular flexibility index (Phi) is 5.45. The summed E-state index contributed by atoms with van der Waals surface area (Å²) in [6, 6.07) is 6.79. The van der Waals surface area contributed by atoms with E-state index in [1.54, 1.807) is 12.1 Å². The molecule has 0 aromatic heterocycles. The first-order valence-corrected chi connectivity index (χ1v) is 8.62. The van der Waals surface area contributed by atoms with Gasteiger partial charge in [0, 0.05) is 19.1 Å². The van der Waals surface area contributed by atoms with E-state index in [2.05, 4.69) is 9.80 Å². The average molecular weight is 306 g/mol. The third-order valence-corrected chi connectivity index (χ3v) is 5.08. The van der Waals surface area contributed by atoms with E-state index >= 15 is 0 Å². The van der Waals surface area contributed by atoms with E-state index in [4.69, 9.17) is 0 Å². The van der Waals surface area contributed by atoms with Gasteiger partial charge in [0.2, 0.25) is 0 Å². The second-order valence-electron chi connectivity index (χ2n) is 6.72. The van der Waals surface area contributed by atoms with Crippen LogP contribution in [-0.2, 0) is 0 Å². The van der Waals surface area contributed by atoms with Crippen LogP contribution in [0.1, 0.15) is 43.8 Å². The van der Waals surface area contributed by atoms with Crippen molar-refractivity contribution < 1.29 is 9.50 Å². The highest BCUT2D eigenvalue weighted by molar-refractivity contribution is 5.18. The zero-order chi connectivity index (χ0) is 15.4. The highest BCUT2D eigenvalue weighted by Gasteiger charge is 2.28. The largest absolute Gasteiger partial charge is 0.387 e. The minimum atomic E-state index is -0.525. The molecule has 0 amide bonds. The summed E-state index contributed by atoms with van der Waals surface area (Å²) >= 11 is 0. The lowest BCUT2D eigenvalue weighted by molar-refractivity contribution is 0.0877. The molecule has 2 heterocycles. The molecule has 1 N–H and O–H groups in total. The number of rotatable bonds is 5. The number of β-amino-alcohol motifs (C(OH)–C–C–N with tert-alkyl or cyclic N) is 1. The lowest BCUT2D eigenvalue weighted by Gasteiger charge is -2.33. The molecule has 1 aromatic carbocycles. The normalized spacial score (nSPS) is 25.5. The van der Waals surface area contributed by atoms with Gasteiger partial charge in [0.15, 0.2) is 0 Å². The number of piperidine rings is 1. The number of aliphatic hydroxyl groups excluding tert-OH is 1. The summed E-state index contributed by atoms with van der Waals surface area (Å²) in [6.45, 7) is 5.31. The molecule has 122 valence electrons. The fourth-order valence-electron chi connectivity index (χ4n) is 3.79. The Hall–Kier alpha value is -0.970. The zero-order valence-corrected chi connectivity index (χ0v) is 13.3. The molecule has 2 fully saturated rings. The Morgan fingerprint density at radius 3 is 2.50 bits per heavy atom. The highest BCUT2D eigenvalue weighted by Crippen LogP contribution is 2.24. The lowest BCUT2D eigenvalue weighted by atomic mass is 10.1. The van der Waals surface area contributed by atoms with Crippen LogP contribution < -0.4 is 0 Å². The molecule has 3 nitrogen and oxygen atoms in total. The van der Waals surface area contributed by atoms with Crippen molar-refractivity contribution in [2.45, 2.75) is 44.2 Å². The van der Waals surface area contributed by atoms with Crippen molar-refractivity contribution in [3.63, 3.8) is 0 Å². The van der Waals surface area contributed by atoms with Gasteiger partial charge in [-0.3, -0.25) is 4.90 Å². The monoisotopic (exact) mass is 306 g/mol. The predicted molar refractivity (Wildman–Crippen MR) is 86.2 cm³/mol. The van der Waals surface area contributed by atoms with E-state index < -0.39 is 6.10 Å². The summed E-state index contributed by atoms with van der Waals surface area (Å²) in [5.74, 6) is -0.250. The van der Waals surface area contributed by atoms with Crippen LogP contribution in [0, 0.1) is 5.82 Å². The Morgan fingerprint density at radius 1 is 1.05 bits per heavy atom. The van der Waals surface area contributed by atoms with Gasteiger partial charge in [0.05, 0.1) is 6.10 Å². The number of benzene rings is 1. The van der Waals surface area contributed by atoms with E-state index in [1.165, 1.54) is 57.3 Å². The van der Waals surface area contributed by atoms with Crippen molar-refractivity contribution in [2.75, 3.05) is 32.7 Å². The fraction of sp³-hybridized carbons (Fsp3) is 0.667. The van der Waals surface area contributed by atoms with Gasteiger partial charge in [-0.2, -0.15) is 0 Å². The molecule has 2 atom stereocenters. The Labute approximate surface area is 132 Å². The number of hydrogen-bond donors (Lipinski definition) is 1. The first-order valence-electron chi connectivity index (χ1n) is 8.62. The maximum absolute atomic E-state index is 13.0. The average Bonchev–Trinajstić information content (AvgIpc) is 2.96. The van der Waals surface area contributed by atoms with E-state index in [0.717, 1.165) is 18.7 Å². The third-order valence-electron chi connectivity index (χ3n) is 5.08. The molecule has 2 saturated heterocycles. The molecular weight excluding hydrogens is 279 g/mol. The summed E-state index contributed by atoms with van der Waals surface area (Å²) in [4.78, 5) is 5.00. The number of likely N-dealkylation sites (tertiary alicyclic amines) is 2. The SMILES string of the molecule is OC(CN1CCCC1CN1CCCCC1)c1ccc(F)cc1. The quantitative estimate of drug-likeness (QED) is 0.906. The Balaban J connectivity index is 1.54. The summed E-state index contributed by atoms with van der Waals surface area (Å²) in [7, 11) is 0. The van der Waals surface area contributed by atoms with E-state index in [9.17, 15) is 9.50 Å². The number of aliphatic hydroxyl groups is 1. The van der Waals surface area contributed by atoms with Gasteiger partial charge < -0.3 is 10.0 Å². The summed E-state index contributed by atoms with van der Waals surface area (Å²) in [6.07, 6.45) is 5.94. The number of nitrogens with zero attached hydrogens (tertiary/aromatic N) is 2. The van der Waals surface area contributed by atoms with Gasteiger partial charge in [-0.1, -0.05) is 18.6 Å². The molecular formula is C18H27FN2O. The third kappa shape index (κ3) is 4.06. The molecule has 0 radical (unpaired) electrons. The Morgan fingerprint density at radius 2 is 1.77 bits per heavy atom. The zero-order valence-electron chi connectivity index (χ0n) is 13.3. The lowest BCUT2D eigenvalue weighted by Crippen LogP contribution is -2.43. The fourth-order valence-corrected chi connectivity index (χ4v) is 3.79. The van der Waals surface area contributed by atoms with Gasteiger partial charge in [-0.05, 0) is 63.0 Å². The minimum absolute atomic E-state index is 0.250. The number of hydrogen-bond acceptors (Lipinski definition) is 3. The Bertz CT molecular complexity index is 459. The molecule has 2 aliphatic heterocycles. The van der Waals surface area contributed by atoms with Crippen molar-refractivity contribution >= 4 is 0 Å². The van der Waals surface area contributed by atoms with Crippen molar-refractivity contribution in [3.8, 4) is 0 Å². The van der Waals surface area contributed by atoms with Crippen LogP contribution in [0.2, 0.25) is 0 Å². The molecule has 3 rings (SSSR count). The van der Waals surface area contributed by atoms with Gasteiger partial charge in [-0.15, -0.1) is 0 Å². The van der Waals surface area contributed by atoms with Crippen molar-refractivity contribution in [1.29, 1.82) is 0 Å². The smallest absolute Gasteiger partial charge is 0.123 e. The molecule has 0 spiro atoms. The summed E-state index contributed by atoms with van der Waals surface area (Å²) < 4.78 is 13.0. The van der Waals surface area contributed by atoms with Crippen LogP contribution in [0.25, 0.3) is 0 Å². The van der Waals surface area contributed by atoms with Crippen molar-refractivity contribution in [3.05, 3.63) is 35.6 Å². The van der Waals surface area contributed by atoms with Crippen molar-refractivity contribution in [1.82, 2.24) is 9.80 Å². The highest BCUT2D eigenvalue weighted by atomic mass is 19.1. The second kappa shape index (κ2) is 7.53. The molecule has 0 bridgehead atoms. The van der Waals surface area contributed by atoms with Crippen LogP contribution in [0.5, 0.6) is 0 Å². The molecule has 22 heavy (non-hydrogen) atoms. The standard InChI is InChI=1S/C18H27FN2O/c19-16-8-6-15(7-9-16)18(22)14-21-12-4-5-17(21)13-20-10-2-1-3-11-20/h6-9,17-18,22H,1-5,10-14H2.